The number of rotatable bonds is 3. The van der Waals surface area contributed by atoms with Gasteiger partial charge in [-0.1, -0.05) is 15.9 Å². The summed E-state index contributed by atoms with van der Waals surface area (Å²) in [5, 5.41) is 1.12. The van der Waals surface area contributed by atoms with Gasteiger partial charge in [0.15, 0.2) is 0 Å². The van der Waals surface area contributed by atoms with E-state index >= 15 is 0 Å². The molecule has 2 unspecified atom stereocenters. The molecule has 3 heteroatoms. The van der Waals surface area contributed by atoms with Crippen molar-refractivity contribution in [2.45, 2.75) is 44.2 Å². The number of ether oxygens (including phenoxy) is 1. The van der Waals surface area contributed by atoms with Gasteiger partial charge in [0.2, 0.25) is 0 Å². The van der Waals surface area contributed by atoms with Crippen LogP contribution in [0.4, 0.5) is 0 Å². The van der Waals surface area contributed by atoms with E-state index in [1.807, 2.05) is 0 Å². The molecule has 0 spiro atoms. The Labute approximate surface area is 95.1 Å². The van der Waals surface area contributed by atoms with E-state index in [1.165, 1.54) is 38.6 Å². The Balaban J connectivity index is 1.77. The Bertz CT molecular complexity index is 171. The maximum Gasteiger partial charge on any atom is 0.0702 e. The molecule has 0 aromatic heterocycles. The minimum absolute atomic E-state index is 0.517. The van der Waals surface area contributed by atoms with Crippen LogP contribution in [0.3, 0.4) is 0 Å². The molecule has 2 aliphatic rings. The van der Waals surface area contributed by atoms with E-state index in [2.05, 4.69) is 20.8 Å². The monoisotopic (exact) mass is 261 g/mol. The first kappa shape index (κ1) is 10.9. The SMILES string of the molecule is BrCC1CCCN1CC1CCCCO1. The smallest absolute Gasteiger partial charge is 0.0702 e. The van der Waals surface area contributed by atoms with Crippen molar-refractivity contribution in [2.75, 3.05) is 25.0 Å². The van der Waals surface area contributed by atoms with E-state index in [1.54, 1.807) is 0 Å². The van der Waals surface area contributed by atoms with Crippen molar-refractivity contribution >= 4 is 15.9 Å². The van der Waals surface area contributed by atoms with Gasteiger partial charge in [-0.25, -0.2) is 0 Å². The molecule has 2 heterocycles. The van der Waals surface area contributed by atoms with Crippen molar-refractivity contribution in [1.29, 1.82) is 0 Å². The summed E-state index contributed by atoms with van der Waals surface area (Å²) in [6.07, 6.45) is 7.13. The quantitative estimate of drug-likeness (QED) is 0.724. The Morgan fingerprint density at radius 3 is 2.86 bits per heavy atom. The summed E-state index contributed by atoms with van der Waals surface area (Å²) in [6.45, 7) is 3.42. The van der Waals surface area contributed by atoms with Crippen molar-refractivity contribution < 1.29 is 4.74 Å². The van der Waals surface area contributed by atoms with Gasteiger partial charge in [-0.15, -0.1) is 0 Å². The van der Waals surface area contributed by atoms with Crippen LogP contribution in [-0.4, -0.2) is 42.1 Å². The Morgan fingerprint density at radius 1 is 1.21 bits per heavy atom. The van der Waals surface area contributed by atoms with Crippen molar-refractivity contribution in [3.63, 3.8) is 0 Å². The number of hydrogen-bond donors (Lipinski definition) is 0. The largest absolute Gasteiger partial charge is 0.377 e. The van der Waals surface area contributed by atoms with Gasteiger partial charge in [0.05, 0.1) is 6.10 Å². The first-order valence-corrected chi connectivity index (χ1v) is 6.94. The third-order valence-corrected chi connectivity index (χ3v) is 4.14. The fourth-order valence-corrected chi connectivity index (χ4v) is 3.26. The van der Waals surface area contributed by atoms with Gasteiger partial charge in [0.25, 0.3) is 0 Å². The molecule has 0 N–H and O–H groups in total. The second kappa shape index (κ2) is 5.47. The highest BCUT2D eigenvalue weighted by atomic mass is 79.9. The zero-order valence-corrected chi connectivity index (χ0v) is 10.3. The molecule has 0 bridgehead atoms. The van der Waals surface area contributed by atoms with Crippen LogP contribution >= 0.6 is 15.9 Å². The fourth-order valence-electron chi connectivity index (χ4n) is 2.52. The molecule has 2 fully saturated rings. The molecule has 2 nitrogen and oxygen atoms in total. The molecule has 0 radical (unpaired) electrons. The van der Waals surface area contributed by atoms with E-state index in [0.29, 0.717) is 6.10 Å². The zero-order chi connectivity index (χ0) is 9.80. The Morgan fingerprint density at radius 2 is 2.14 bits per heavy atom. The minimum Gasteiger partial charge on any atom is -0.377 e. The molecule has 2 rings (SSSR count). The lowest BCUT2D eigenvalue weighted by Gasteiger charge is -2.30. The van der Waals surface area contributed by atoms with Gasteiger partial charge >= 0.3 is 0 Å². The molecule has 2 aliphatic heterocycles. The molecule has 0 aromatic carbocycles. The van der Waals surface area contributed by atoms with Crippen LogP contribution in [0.2, 0.25) is 0 Å². The molecule has 0 saturated carbocycles. The standard InChI is InChI=1S/C11H20BrNO/c12-8-10-4-3-6-13(10)9-11-5-1-2-7-14-11/h10-11H,1-9H2. The van der Waals surface area contributed by atoms with Crippen molar-refractivity contribution in [3.8, 4) is 0 Å². The number of hydrogen-bond acceptors (Lipinski definition) is 2. The second-order valence-corrected chi connectivity index (χ2v) is 5.08. The lowest BCUT2D eigenvalue weighted by atomic mass is 10.1. The van der Waals surface area contributed by atoms with E-state index in [-0.39, 0.29) is 0 Å². The summed E-state index contributed by atoms with van der Waals surface area (Å²) < 4.78 is 5.78. The molecule has 0 aliphatic carbocycles. The van der Waals surface area contributed by atoms with Crippen LogP contribution in [0.25, 0.3) is 0 Å². The van der Waals surface area contributed by atoms with Crippen molar-refractivity contribution in [3.05, 3.63) is 0 Å². The summed E-state index contributed by atoms with van der Waals surface area (Å²) in [7, 11) is 0. The molecular weight excluding hydrogens is 242 g/mol. The Hall–Kier alpha value is 0.400. The molecule has 0 aromatic rings. The molecular formula is C11H20BrNO. The number of likely N-dealkylation sites (tertiary alicyclic amines) is 1. The summed E-state index contributed by atoms with van der Waals surface area (Å²) in [5.74, 6) is 0. The highest BCUT2D eigenvalue weighted by Gasteiger charge is 2.26. The van der Waals surface area contributed by atoms with Gasteiger partial charge < -0.3 is 4.74 Å². The van der Waals surface area contributed by atoms with Crippen LogP contribution in [-0.2, 0) is 4.74 Å². The van der Waals surface area contributed by atoms with E-state index in [9.17, 15) is 0 Å². The summed E-state index contributed by atoms with van der Waals surface area (Å²) >= 11 is 3.60. The average Bonchev–Trinajstić information content (AvgIpc) is 2.67. The summed E-state index contributed by atoms with van der Waals surface area (Å²) in [4.78, 5) is 2.60. The maximum atomic E-state index is 5.78. The molecule has 82 valence electrons. The normalized spacial score (nSPS) is 34.9. The number of nitrogens with zero attached hydrogens (tertiary/aromatic N) is 1. The van der Waals surface area contributed by atoms with Gasteiger partial charge in [0, 0.05) is 24.5 Å². The lowest BCUT2D eigenvalue weighted by Crippen LogP contribution is -2.39. The van der Waals surface area contributed by atoms with Gasteiger partial charge in [-0.2, -0.15) is 0 Å². The van der Waals surface area contributed by atoms with Crippen LogP contribution in [0.5, 0.6) is 0 Å². The highest BCUT2D eigenvalue weighted by molar-refractivity contribution is 9.09. The minimum atomic E-state index is 0.517. The van der Waals surface area contributed by atoms with Crippen LogP contribution < -0.4 is 0 Å². The van der Waals surface area contributed by atoms with Crippen molar-refractivity contribution in [1.82, 2.24) is 4.90 Å². The lowest BCUT2D eigenvalue weighted by molar-refractivity contribution is -0.00646. The van der Waals surface area contributed by atoms with Crippen LogP contribution in [0.15, 0.2) is 0 Å². The average molecular weight is 262 g/mol. The summed E-state index contributed by atoms with van der Waals surface area (Å²) in [5.41, 5.74) is 0. The Kier molecular flexibility index (Phi) is 4.26. The van der Waals surface area contributed by atoms with Gasteiger partial charge in [0.1, 0.15) is 0 Å². The number of alkyl halides is 1. The van der Waals surface area contributed by atoms with Gasteiger partial charge in [-0.3, -0.25) is 4.90 Å². The maximum absolute atomic E-state index is 5.78. The molecule has 14 heavy (non-hydrogen) atoms. The predicted molar refractivity (Wildman–Crippen MR) is 62.0 cm³/mol. The first-order valence-electron chi connectivity index (χ1n) is 5.82. The van der Waals surface area contributed by atoms with Crippen LogP contribution in [0.1, 0.15) is 32.1 Å². The third-order valence-electron chi connectivity index (χ3n) is 3.39. The summed E-state index contributed by atoms with van der Waals surface area (Å²) in [6, 6.07) is 0.764. The topological polar surface area (TPSA) is 12.5 Å². The van der Waals surface area contributed by atoms with E-state index in [0.717, 1.165) is 24.5 Å². The van der Waals surface area contributed by atoms with Crippen molar-refractivity contribution in [2.24, 2.45) is 0 Å². The molecule has 2 atom stereocenters. The molecule has 2 saturated heterocycles. The third kappa shape index (κ3) is 2.71. The van der Waals surface area contributed by atoms with Crippen LogP contribution in [0, 0.1) is 0 Å². The predicted octanol–water partition coefficient (Wildman–Crippen LogP) is 2.41. The van der Waals surface area contributed by atoms with Gasteiger partial charge in [-0.05, 0) is 38.6 Å². The second-order valence-electron chi connectivity index (χ2n) is 4.43. The number of halogens is 1. The first-order chi connectivity index (χ1) is 6.90. The zero-order valence-electron chi connectivity index (χ0n) is 8.75. The highest BCUT2D eigenvalue weighted by Crippen LogP contribution is 2.22. The molecule has 0 amide bonds. The fraction of sp³-hybridized carbons (Fsp3) is 1.00. The van der Waals surface area contributed by atoms with E-state index in [4.69, 9.17) is 4.74 Å². The van der Waals surface area contributed by atoms with E-state index < -0.39 is 0 Å².